The minimum Gasteiger partial charge on any atom is -0.496 e. The average molecular weight is 411 g/mol. The molecule has 142 valence electrons. The van der Waals surface area contributed by atoms with E-state index < -0.39 is 0 Å². The van der Waals surface area contributed by atoms with Crippen molar-refractivity contribution in [1.82, 2.24) is 9.55 Å². The first kappa shape index (κ1) is 18.6. The van der Waals surface area contributed by atoms with Gasteiger partial charge in [0, 0.05) is 31.8 Å². The highest BCUT2D eigenvalue weighted by Crippen LogP contribution is 2.35. The maximum atomic E-state index is 13.2. The monoisotopic (exact) mass is 410 g/mol. The Labute approximate surface area is 169 Å². The molecule has 3 heterocycles. The number of methoxy groups -OCH3 is 1. The molecule has 0 saturated heterocycles. The Balaban J connectivity index is 1.83. The number of aryl methyl sites for hydroxylation is 1. The van der Waals surface area contributed by atoms with Crippen molar-refractivity contribution in [2.45, 2.75) is 20.4 Å². The lowest BCUT2D eigenvalue weighted by atomic mass is 10.1. The van der Waals surface area contributed by atoms with Gasteiger partial charge in [0.05, 0.1) is 25.4 Å². The van der Waals surface area contributed by atoms with E-state index in [1.54, 1.807) is 47.5 Å². The molecule has 0 aliphatic rings. The van der Waals surface area contributed by atoms with Gasteiger partial charge in [-0.05, 0) is 44.2 Å². The second kappa shape index (κ2) is 7.33. The third-order valence-electron chi connectivity index (χ3n) is 4.59. The van der Waals surface area contributed by atoms with Crippen LogP contribution in [0.2, 0.25) is 0 Å². The molecule has 0 bridgehead atoms. The minimum atomic E-state index is -0.0948. The van der Waals surface area contributed by atoms with Crippen LogP contribution in [-0.2, 0) is 6.54 Å². The van der Waals surface area contributed by atoms with Gasteiger partial charge < -0.3 is 4.74 Å². The first-order valence-electron chi connectivity index (χ1n) is 8.69. The predicted molar refractivity (Wildman–Crippen MR) is 114 cm³/mol. The molecule has 0 amide bonds. The van der Waals surface area contributed by atoms with Gasteiger partial charge in [-0.3, -0.25) is 14.2 Å². The van der Waals surface area contributed by atoms with Crippen molar-refractivity contribution in [3.8, 4) is 16.2 Å². The van der Waals surface area contributed by atoms with Crippen molar-refractivity contribution in [1.29, 1.82) is 0 Å². The lowest BCUT2D eigenvalue weighted by Gasteiger charge is -2.11. The highest BCUT2D eigenvalue weighted by Gasteiger charge is 2.16. The number of thiophene rings is 2. The summed E-state index contributed by atoms with van der Waals surface area (Å²) in [4.78, 5) is 32.5. The molecule has 0 aliphatic carbocycles. The Kier molecular flexibility index (Phi) is 4.87. The Hall–Kier alpha value is -2.77. The van der Waals surface area contributed by atoms with E-state index in [4.69, 9.17) is 4.74 Å². The van der Waals surface area contributed by atoms with Crippen LogP contribution in [0.25, 0.3) is 20.7 Å². The van der Waals surface area contributed by atoms with E-state index in [9.17, 15) is 9.59 Å². The average Bonchev–Trinajstić information content (AvgIpc) is 3.30. The van der Waals surface area contributed by atoms with Crippen LogP contribution in [0, 0.1) is 6.92 Å². The van der Waals surface area contributed by atoms with Crippen LogP contribution in [0.5, 0.6) is 5.75 Å². The number of hydrogen-bond acceptors (Lipinski definition) is 6. The van der Waals surface area contributed by atoms with Gasteiger partial charge in [0.15, 0.2) is 5.78 Å². The second-order valence-electron chi connectivity index (χ2n) is 6.50. The zero-order chi connectivity index (χ0) is 19.8. The minimum absolute atomic E-state index is 0.0296. The summed E-state index contributed by atoms with van der Waals surface area (Å²) < 4.78 is 6.99. The summed E-state index contributed by atoms with van der Waals surface area (Å²) in [7, 11) is 1.58. The third kappa shape index (κ3) is 3.27. The van der Waals surface area contributed by atoms with E-state index in [-0.39, 0.29) is 17.9 Å². The van der Waals surface area contributed by atoms with Crippen molar-refractivity contribution in [2.24, 2.45) is 0 Å². The summed E-state index contributed by atoms with van der Waals surface area (Å²) in [5.41, 5.74) is 2.18. The Morgan fingerprint density at radius 2 is 2.07 bits per heavy atom. The third-order valence-corrected chi connectivity index (χ3v) is 6.51. The maximum absolute atomic E-state index is 13.2. The molecule has 0 saturated carbocycles. The van der Waals surface area contributed by atoms with Gasteiger partial charge in [-0.2, -0.15) is 0 Å². The van der Waals surface area contributed by atoms with Crippen LogP contribution in [0.1, 0.15) is 27.7 Å². The number of fused-ring (bicyclic) bond motifs is 1. The molecule has 0 radical (unpaired) electrons. The number of hydrogen-bond donors (Lipinski definition) is 0. The van der Waals surface area contributed by atoms with Crippen LogP contribution in [0.3, 0.4) is 0 Å². The quantitative estimate of drug-likeness (QED) is 0.445. The van der Waals surface area contributed by atoms with Gasteiger partial charge in [0.25, 0.3) is 5.56 Å². The van der Waals surface area contributed by atoms with Gasteiger partial charge in [-0.15, -0.1) is 22.7 Å². The van der Waals surface area contributed by atoms with Crippen LogP contribution >= 0.6 is 22.7 Å². The van der Waals surface area contributed by atoms with E-state index in [0.717, 1.165) is 20.8 Å². The first-order chi connectivity index (χ1) is 13.5. The molecule has 1 aromatic carbocycles. The topological polar surface area (TPSA) is 61.2 Å². The van der Waals surface area contributed by atoms with Gasteiger partial charge in [0.1, 0.15) is 10.6 Å². The Morgan fingerprint density at radius 3 is 2.75 bits per heavy atom. The molecule has 0 fully saturated rings. The van der Waals surface area contributed by atoms with Gasteiger partial charge in [-0.25, -0.2) is 4.98 Å². The van der Waals surface area contributed by atoms with E-state index >= 15 is 0 Å². The summed E-state index contributed by atoms with van der Waals surface area (Å²) in [6.45, 7) is 3.85. The molecule has 0 unspecified atom stereocenters. The standard InChI is InChI=1S/C21H18N2O3S2/c1-12-4-7-18(28-12)16-10-27-20-19(16)21(25)23(11-22-20)9-15-8-14(13(2)24)5-6-17(15)26-3/h4-8,10-11H,9H2,1-3H3. The van der Waals surface area contributed by atoms with Crippen LogP contribution in [-0.4, -0.2) is 22.4 Å². The zero-order valence-electron chi connectivity index (χ0n) is 15.7. The van der Waals surface area contributed by atoms with E-state index in [1.165, 1.54) is 23.1 Å². The molecule has 4 aromatic rings. The molecule has 0 aliphatic heterocycles. The SMILES string of the molecule is COc1ccc(C(C)=O)cc1Cn1cnc2scc(-c3ccc(C)s3)c2c1=O. The van der Waals surface area contributed by atoms with Gasteiger partial charge in [0.2, 0.25) is 0 Å². The zero-order valence-corrected chi connectivity index (χ0v) is 17.3. The van der Waals surface area contributed by atoms with Crippen molar-refractivity contribution >= 4 is 38.7 Å². The molecule has 0 atom stereocenters. The second-order valence-corrected chi connectivity index (χ2v) is 8.65. The van der Waals surface area contributed by atoms with Crippen molar-refractivity contribution in [2.75, 3.05) is 7.11 Å². The number of nitrogens with zero attached hydrogens (tertiary/aromatic N) is 2. The fourth-order valence-corrected chi connectivity index (χ4v) is 5.01. The Morgan fingerprint density at radius 1 is 1.25 bits per heavy atom. The molecule has 28 heavy (non-hydrogen) atoms. The van der Waals surface area contributed by atoms with Crippen molar-refractivity contribution in [3.05, 3.63) is 68.4 Å². The molecule has 5 nitrogen and oxygen atoms in total. The molecule has 4 rings (SSSR count). The van der Waals surface area contributed by atoms with Crippen molar-refractivity contribution in [3.63, 3.8) is 0 Å². The highest BCUT2D eigenvalue weighted by atomic mass is 32.1. The summed E-state index contributed by atoms with van der Waals surface area (Å²) >= 11 is 3.14. The van der Waals surface area contributed by atoms with E-state index in [2.05, 4.69) is 11.1 Å². The van der Waals surface area contributed by atoms with Crippen LogP contribution in [0.15, 0.2) is 46.8 Å². The molecular weight excluding hydrogens is 392 g/mol. The molecule has 0 N–H and O–H groups in total. The fourth-order valence-electron chi connectivity index (χ4n) is 3.15. The molecule has 7 heteroatoms. The molecule has 3 aromatic heterocycles. The summed E-state index contributed by atoms with van der Waals surface area (Å²) in [6, 6.07) is 9.35. The number of carbonyl (C=O) groups excluding carboxylic acids is 1. The maximum Gasteiger partial charge on any atom is 0.263 e. The number of ketones is 1. The summed E-state index contributed by atoms with van der Waals surface area (Å²) in [5, 5.41) is 2.63. The number of rotatable bonds is 5. The smallest absolute Gasteiger partial charge is 0.263 e. The predicted octanol–water partition coefficient (Wildman–Crippen LogP) is 4.75. The lowest BCUT2D eigenvalue weighted by molar-refractivity contribution is 0.101. The molecule has 0 spiro atoms. The van der Waals surface area contributed by atoms with Crippen LogP contribution in [0.4, 0.5) is 0 Å². The van der Waals surface area contributed by atoms with Gasteiger partial charge >= 0.3 is 0 Å². The summed E-state index contributed by atoms with van der Waals surface area (Å²) in [6.07, 6.45) is 1.56. The van der Waals surface area contributed by atoms with E-state index in [0.29, 0.717) is 16.7 Å². The summed E-state index contributed by atoms with van der Waals surface area (Å²) in [5.74, 6) is 0.606. The fraction of sp³-hybridized carbons (Fsp3) is 0.190. The number of ether oxygens (including phenoxy) is 1. The van der Waals surface area contributed by atoms with Gasteiger partial charge in [-0.1, -0.05) is 0 Å². The van der Waals surface area contributed by atoms with Crippen LogP contribution < -0.4 is 10.3 Å². The molecular formula is C21H18N2O3S2. The number of Topliss-reactive ketones (excluding diaryl/α,β-unsaturated/α-hetero) is 1. The van der Waals surface area contributed by atoms with E-state index in [1.807, 2.05) is 18.4 Å². The normalized spacial score (nSPS) is 11.1. The lowest BCUT2D eigenvalue weighted by Crippen LogP contribution is -2.21. The number of aromatic nitrogens is 2. The highest BCUT2D eigenvalue weighted by molar-refractivity contribution is 7.19. The Bertz CT molecular complexity index is 1250. The first-order valence-corrected chi connectivity index (χ1v) is 10.4. The number of carbonyl (C=O) groups is 1. The number of benzene rings is 1. The largest absolute Gasteiger partial charge is 0.496 e. The van der Waals surface area contributed by atoms with Crippen molar-refractivity contribution < 1.29 is 9.53 Å².